The normalized spacial score (nSPS) is 10.7. The van der Waals surface area contributed by atoms with E-state index >= 15 is 0 Å². The number of anilines is 3. The van der Waals surface area contributed by atoms with Crippen molar-refractivity contribution >= 4 is 34.0 Å². The molecule has 0 aliphatic carbocycles. The summed E-state index contributed by atoms with van der Waals surface area (Å²) >= 11 is 0. The molecule has 4 aromatic rings. The average molecular weight is 356 g/mol. The van der Waals surface area contributed by atoms with Crippen molar-refractivity contribution in [1.82, 2.24) is 9.97 Å². The van der Waals surface area contributed by atoms with Gasteiger partial charge in [0.05, 0.1) is 18.3 Å². The second kappa shape index (κ2) is 7.33. The molecule has 4 rings (SSSR count). The Hall–Kier alpha value is -3.60. The van der Waals surface area contributed by atoms with Gasteiger partial charge in [0.15, 0.2) is 0 Å². The number of hydrogen-bond donors (Lipinski definition) is 2. The third-order valence-electron chi connectivity index (χ3n) is 4.57. The number of carbonyl (C=O) groups is 1. The Balaban J connectivity index is 1.43. The van der Waals surface area contributed by atoms with Crippen LogP contribution in [0.25, 0.3) is 10.9 Å². The lowest BCUT2D eigenvalue weighted by atomic mass is 10.1. The Morgan fingerprint density at radius 2 is 1.78 bits per heavy atom. The van der Waals surface area contributed by atoms with E-state index in [9.17, 15) is 4.79 Å². The number of hydrogen-bond acceptors (Lipinski definition) is 3. The molecule has 0 atom stereocenters. The standard InChI is InChI=1S/C22H20N4O/c1-26(17-7-3-2-4-8-17)18-11-12-21(24-15-18)25-22(27)13-16-14-23-20-10-6-5-9-19(16)20/h2-12,14-15,23H,13H2,1H3,(H,24,25,27). The highest BCUT2D eigenvalue weighted by Crippen LogP contribution is 2.23. The summed E-state index contributed by atoms with van der Waals surface area (Å²) in [5.41, 5.74) is 4.04. The van der Waals surface area contributed by atoms with Crippen LogP contribution in [0.4, 0.5) is 17.2 Å². The molecule has 0 aliphatic heterocycles. The third kappa shape index (κ3) is 3.67. The zero-order valence-electron chi connectivity index (χ0n) is 15.0. The van der Waals surface area contributed by atoms with Crippen LogP contribution >= 0.6 is 0 Å². The first-order chi connectivity index (χ1) is 13.2. The fourth-order valence-corrected chi connectivity index (χ4v) is 3.10. The van der Waals surface area contributed by atoms with Crippen LogP contribution in [0.3, 0.4) is 0 Å². The Morgan fingerprint density at radius 3 is 2.56 bits per heavy atom. The van der Waals surface area contributed by atoms with Gasteiger partial charge in [-0.15, -0.1) is 0 Å². The van der Waals surface area contributed by atoms with Gasteiger partial charge in [0.2, 0.25) is 5.91 Å². The molecule has 0 spiro atoms. The molecule has 2 heterocycles. The number of nitrogens with zero attached hydrogens (tertiary/aromatic N) is 2. The van der Waals surface area contributed by atoms with Gasteiger partial charge in [-0.1, -0.05) is 36.4 Å². The smallest absolute Gasteiger partial charge is 0.230 e. The molecular weight excluding hydrogens is 336 g/mol. The summed E-state index contributed by atoms with van der Waals surface area (Å²) in [5, 5.41) is 3.94. The maximum atomic E-state index is 12.4. The Labute approximate surface area is 157 Å². The van der Waals surface area contributed by atoms with E-state index in [1.165, 1.54) is 0 Å². The minimum Gasteiger partial charge on any atom is -0.361 e. The predicted octanol–water partition coefficient (Wildman–Crippen LogP) is 4.51. The molecule has 0 radical (unpaired) electrons. The molecule has 27 heavy (non-hydrogen) atoms. The number of pyridine rings is 1. The molecule has 2 aromatic heterocycles. The topological polar surface area (TPSA) is 61.0 Å². The van der Waals surface area contributed by atoms with Gasteiger partial charge < -0.3 is 15.2 Å². The van der Waals surface area contributed by atoms with Crippen molar-refractivity contribution in [3.05, 3.63) is 84.7 Å². The van der Waals surface area contributed by atoms with E-state index in [2.05, 4.69) is 15.3 Å². The maximum absolute atomic E-state index is 12.4. The lowest BCUT2D eigenvalue weighted by Gasteiger charge is -2.19. The van der Waals surface area contributed by atoms with Gasteiger partial charge in [-0.2, -0.15) is 0 Å². The van der Waals surface area contributed by atoms with Crippen LogP contribution in [0, 0.1) is 0 Å². The Morgan fingerprint density at radius 1 is 1.00 bits per heavy atom. The van der Waals surface area contributed by atoms with Crippen molar-refractivity contribution in [2.24, 2.45) is 0 Å². The zero-order valence-corrected chi connectivity index (χ0v) is 15.0. The Bertz CT molecular complexity index is 1050. The van der Waals surface area contributed by atoms with Crippen molar-refractivity contribution in [1.29, 1.82) is 0 Å². The highest BCUT2D eigenvalue weighted by molar-refractivity contribution is 5.95. The molecule has 0 saturated carbocycles. The van der Waals surface area contributed by atoms with E-state index in [0.717, 1.165) is 27.8 Å². The molecule has 5 heteroatoms. The molecule has 0 aliphatic rings. The highest BCUT2D eigenvalue weighted by Gasteiger charge is 2.10. The summed E-state index contributed by atoms with van der Waals surface area (Å²) in [7, 11) is 1.99. The van der Waals surface area contributed by atoms with Crippen molar-refractivity contribution in [3.8, 4) is 0 Å². The van der Waals surface area contributed by atoms with E-state index in [1.807, 2.05) is 84.9 Å². The van der Waals surface area contributed by atoms with Gasteiger partial charge in [-0.05, 0) is 35.9 Å². The van der Waals surface area contributed by atoms with Crippen LogP contribution in [0.15, 0.2) is 79.1 Å². The number of rotatable bonds is 5. The van der Waals surface area contributed by atoms with Crippen LogP contribution in [-0.4, -0.2) is 22.9 Å². The monoisotopic (exact) mass is 356 g/mol. The molecule has 2 aromatic carbocycles. The largest absolute Gasteiger partial charge is 0.361 e. The number of fused-ring (bicyclic) bond motifs is 1. The van der Waals surface area contributed by atoms with E-state index in [1.54, 1.807) is 6.20 Å². The number of para-hydroxylation sites is 2. The number of carbonyl (C=O) groups excluding carboxylic acids is 1. The first-order valence-electron chi connectivity index (χ1n) is 8.80. The van der Waals surface area contributed by atoms with E-state index in [-0.39, 0.29) is 5.91 Å². The second-order valence-corrected chi connectivity index (χ2v) is 6.38. The lowest BCUT2D eigenvalue weighted by molar-refractivity contribution is -0.115. The van der Waals surface area contributed by atoms with Crippen molar-refractivity contribution < 1.29 is 4.79 Å². The van der Waals surface area contributed by atoms with Gasteiger partial charge in [-0.3, -0.25) is 4.79 Å². The number of amides is 1. The number of aromatic nitrogens is 2. The Kier molecular flexibility index (Phi) is 4.58. The van der Waals surface area contributed by atoms with E-state index < -0.39 is 0 Å². The summed E-state index contributed by atoms with van der Waals surface area (Å²) in [5.74, 6) is 0.460. The fraction of sp³-hybridized carbons (Fsp3) is 0.0909. The lowest BCUT2D eigenvalue weighted by Crippen LogP contribution is -2.15. The third-order valence-corrected chi connectivity index (χ3v) is 4.57. The number of benzene rings is 2. The number of aromatic amines is 1. The van der Waals surface area contributed by atoms with Gasteiger partial charge in [0, 0.05) is 29.8 Å². The minimum atomic E-state index is -0.0867. The molecule has 0 fully saturated rings. The van der Waals surface area contributed by atoms with Crippen LogP contribution in [0.2, 0.25) is 0 Å². The van der Waals surface area contributed by atoms with Crippen molar-refractivity contribution in [2.75, 3.05) is 17.3 Å². The number of nitrogens with one attached hydrogen (secondary N) is 2. The van der Waals surface area contributed by atoms with Gasteiger partial charge in [-0.25, -0.2) is 4.98 Å². The average Bonchev–Trinajstić information content (AvgIpc) is 3.11. The summed E-state index contributed by atoms with van der Waals surface area (Å²) in [6.07, 6.45) is 3.95. The molecular formula is C22H20N4O. The van der Waals surface area contributed by atoms with Gasteiger partial charge in [0.1, 0.15) is 5.82 Å². The van der Waals surface area contributed by atoms with E-state index in [0.29, 0.717) is 12.2 Å². The van der Waals surface area contributed by atoms with Crippen LogP contribution in [0.1, 0.15) is 5.56 Å². The molecule has 0 unspecified atom stereocenters. The molecule has 5 nitrogen and oxygen atoms in total. The number of H-pyrrole nitrogens is 1. The minimum absolute atomic E-state index is 0.0867. The first-order valence-corrected chi connectivity index (χ1v) is 8.80. The quantitative estimate of drug-likeness (QED) is 0.553. The second-order valence-electron chi connectivity index (χ2n) is 6.38. The van der Waals surface area contributed by atoms with Crippen LogP contribution in [0.5, 0.6) is 0 Å². The molecule has 0 saturated heterocycles. The summed E-state index contributed by atoms with van der Waals surface area (Å²) in [6.45, 7) is 0. The SMILES string of the molecule is CN(c1ccccc1)c1ccc(NC(=O)Cc2c[nH]c3ccccc23)nc1. The summed E-state index contributed by atoms with van der Waals surface area (Å²) in [4.78, 5) is 22.0. The summed E-state index contributed by atoms with van der Waals surface area (Å²) < 4.78 is 0. The van der Waals surface area contributed by atoms with Crippen LogP contribution < -0.4 is 10.2 Å². The maximum Gasteiger partial charge on any atom is 0.230 e. The first kappa shape index (κ1) is 16.8. The van der Waals surface area contributed by atoms with Crippen LogP contribution in [-0.2, 0) is 11.2 Å². The van der Waals surface area contributed by atoms with Gasteiger partial charge >= 0.3 is 0 Å². The zero-order chi connectivity index (χ0) is 18.6. The van der Waals surface area contributed by atoms with Crippen molar-refractivity contribution in [2.45, 2.75) is 6.42 Å². The molecule has 134 valence electrons. The fourth-order valence-electron chi connectivity index (χ4n) is 3.10. The van der Waals surface area contributed by atoms with E-state index in [4.69, 9.17) is 0 Å². The summed E-state index contributed by atoms with van der Waals surface area (Å²) in [6, 6.07) is 21.8. The predicted molar refractivity (Wildman–Crippen MR) is 109 cm³/mol. The van der Waals surface area contributed by atoms with Gasteiger partial charge in [0.25, 0.3) is 0 Å². The molecule has 2 N–H and O–H groups in total. The van der Waals surface area contributed by atoms with Crippen molar-refractivity contribution in [3.63, 3.8) is 0 Å². The molecule has 1 amide bonds. The highest BCUT2D eigenvalue weighted by atomic mass is 16.1. The molecule has 0 bridgehead atoms.